The number of halogens is 2. The van der Waals surface area contributed by atoms with Crippen LogP contribution in [0.1, 0.15) is 29.6 Å². The first-order valence-corrected chi connectivity index (χ1v) is 8.26. The lowest BCUT2D eigenvalue weighted by Gasteiger charge is -2.10. The second-order valence-electron chi connectivity index (χ2n) is 4.94. The van der Waals surface area contributed by atoms with E-state index in [4.69, 9.17) is 21.1 Å². The molecule has 4 nitrogen and oxygen atoms in total. The van der Waals surface area contributed by atoms with Crippen LogP contribution in [-0.2, 0) is 9.47 Å². The summed E-state index contributed by atoms with van der Waals surface area (Å²) in [7, 11) is 0. The molecule has 1 atom stereocenters. The second-order valence-corrected chi connectivity index (χ2v) is 6.27. The van der Waals surface area contributed by atoms with Crippen LogP contribution in [0.2, 0.25) is 5.02 Å². The molecule has 1 saturated heterocycles. The fourth-order valence-corrected chi connectivity index (χ4v) is 2.89. The monoisotopic (exact) mass is 375 g/mol. The Morgan fingerprint density at radius 3 is 3.10 bits per heavy atom. The quantitative estimate of drug-likeness (QED) is 0.742. The molecule has 116 valence electrons. The molecule has 0 aromatic heterocycles. The molecule has 0 aliphatic carbocycles. The van der Waals surface area contributed by atoms with Crippen LogP contribution < -0.4 is 5.32 Å². The third-order valence-corrected chi connectivity index (χ3v) is 4.06. The Balaban J connectivity index is 1.60. The molecule has 1 heterocycles. The van der Waals surface area contributed by atoms with Crippen molar-refractivity contribution in [3.8, 4) is 0 Å². The number of carbonyl (C=O) groups is 1. The molecule has 6 heteroatoms. The summed E-state index contributed by atoms with van der Waals surface area (Å²) in [6, 6.07) is 5.21. The van der Waals surface area contributed by atoms with Gasteiger partial charge in [-0.25, -0.2) is 0 Å². The summed E-state index contributed by atoms with van der Waals surface area (Å²) >= 11 is 9.34. The predicted molar refractivity (Wildman–Crippen MR) is 85.9 cm³/mol. The van der Waals surface area contributed by atoms with Gasteiger partial charge in [0.15, 0.2) is 0 Å². The first-order valence-electron chi connectivity index (χ1n) is 7.09. The zero-order valence-electron chi connectivity index (χ0n) is 11.7. The Morgan fingerprint density at radius 1 is 1.52 bits per heavy atom. The van der Waals surface area contributed by atoms with Gasteiger partial charge in [-0.2, -0.15) is 0 Å². The van der Waals surface area contributed by atoms with Gasteiger partial charge in [-0.15, -0.1) is 0 Å². The van der Waals surface area contributed by atoms with E-state index >= 15 is 0 Å². The van der Waals surface area contributed by atoms with Gasteiger partial charge in [-0.1, -0.05) is 27.5 Å². The minimum absolute atomic E-state index is 0.161. The maximum Gasteiger partial charge on any atom is 0.252 e. The van der Waals surface area contributed by atoms with Crippen molar-refractivity contribution in [2.75, 3.05) is 26.4 Å². The highest BCUT2D eigenvalue weighted by atomic mass is 79.9. The highest BCUT2D eigenvalue weighted by Gasteiger charge is 2.15. The molecular formula is C15H19BrClNO3. The highest BCUT2D eigenvalue weighted by molar-refractivity contribution is 9.10. The normalized spacial score (nSPS) is 17.9. The number of rotatable bonds is 7. The van der Waals surface area contributed by atoms with Crippen molar-refractivity contribution in [1.82, 2.24) is 5.32 Å². The molecule has 0 bridgehead atoms. The van der Waals surface area contributed by atoms with Crippen molar-refractivity contribution >= 4 is 33.4 Å². The van der Waals surface area contributed by atoms with Crippen LogP contribution in [0, 0.1) is 0 Å². The van der Waals surface area contributed by atoms with E-state index in [-0.39, 0.29) is 12.0 Å². The van der Waals surface area contributed by atoms with Crippen LogP contribution in [0.3, 0.4) is 0 Å². The Labute approximate surface area is 138 Å². The van der Waals surface area contributed by atoms with E-state index < -0.39 is 0 Å². The summed E-state index contributed by atoms with van der Waals surface area (Å²) in [5.41, 5.74) is 0.486. The zero-order chi connectivity index (χ0) is 15.1. The number of carbonyl (C=O) groups excluding carboxylic acids is 1. The molecule has 0 spiro atoms. The molecule has 1 amide bonds. The molecule has 1 N–H and O–H groups in total. The lowest BCUT2D eigenvalue weighted by atomic mass is 10.2. The molecular weight excluding hydrogens is 358 g/mol. The zero-order valence-corrected chi connectivity index (χ0v) is 14.1. The van der Waals surface area contributed by atoms with Crippen LogP contribution in [0.15, 0.2) is 22.7 Å². The van der Waals surface area contributed by atoms with E-state index in [9.17, 15) is 4.79 Å². The largest absolute Gasteiger partial charge is 0.379 e. The van der Waals surface area contributed by atoms with Gasteiger partial charge in [0.1, 0.15) is 0 Å². The fraction of sp³-hybridized carbons (Fsp3) is 0.533. The van der Waals surface area contributed by atoms with E-state index in [0.29, 0.717) is 30.3 Å². The Hall–Kier alpha value is -0.620. The van der Waals surface area contributed by atoms with E-state index in [2.05, 4.69) is 21.2 Å². The second kappa shape index (κ2) is 8.73. The summed E-state index contributed by atoms with van der Waals surface area (Å²) in [5, 5.41) is 3.28. The number of ether oxygens (including phenoxy) is 2. The molecule has 1 aromatic carbocycles. The molecule has 0 saturated carbocycles. The molecule has 1 unspecified atom stereocenters. The first-order chi connectivity index (χ1) is 10.2. The number of nitrogens with one attached hydrogen (secondary N) is 1. The minimum Gasteiger partial charge on any atom is -0.379 e. The topological polar surface area (TPSA) is 47.6 Å². The van der Waals surface area contributed by atoms with Gasteiger partial charge < -0.3 is 14.8 Å². The van der Waals surface area contributed by atoms with Crippen molar-refractivity contribution in [2.24, 2.45) is 0 Å². The van der Waals surface area contributed by atoms with Gasteiger partial charge in [0.25, 0.3) is 5.91 Å². The first kappa shape index (κ1) is 16.7. The van der Waals surface area contributed by atoms with Crippen LogP contribution in [0.5, 0.6) is 0 Å². The summed E-state index contributed by atoms with van der Waals surface area (Å²) < 4.78 is 11.9. The third-order valence-electron chi connectivity index (χ3n) is 3.25. The third kappa shape index (κ3) is 5.58. The number of amides is 1. The minimum atomic E-state index is -0.161. The van der Waals surface area contributed by atoms with Gasteiger partial charge in [0, 0.05) is 24.2 Å². The van der Waals surface area contributed by atoms with Gasteiger partial charge in [0.2, 0.25) is 0 Å². The average molecular weight is 377 g/mol. The van der Waals surface area contributed by atoms with Crippen molar-refractivity contribution in [2.45, 2.75) is 25.4 Å². The van der Waals surface area contributed by atoms with E-state index in [0.717, 1.165) is 30.3 Å². The van der Waals surface area contributed by atoms with Crippen LogP contribution in [0.25, 0.3) is 0 Å². The molecule has 1 fully saturated rings. The summed E-state index contributed by atoms with van der Waals surface area (Å²) in [5.74, 6) is -0.161. The molecule has 21 heavy (non-hydrogen) atoms. The number of hydrogen-bond acceptors (Lipinski definition) is 3. The summed E-state index contributed by atoms with van der Waals surface area (Å²) in [6.45, 7) is 2.68. The Morgan fingerprint density at radius 2 is 2.38 bits per heavy atom. The maximum absolute atomic E-state index is 11.9. The number of benzene rings is 1. The smallest absolute Gasteiger partial charge is 0.252 e. The van der Waals surface area contributed by atoms with Gasteiger partial charge >= 0.3 is 0 Å². The summed E-state index contributed by atoms with van der Waals surface area (Å²) in [4.78, 5) is 11.9. The highest BCUT2D eigenvalue weighted by Crippen LogP contribution is 2.21. The van der Waals surface area contributed by atoms with Crippen molar-refractivity contribution in [3.63, 3.8) is 0 Å². The molecule has 1 aliphatic rings. The Kier molecular flexibility index (Phi) is 6.96. The van der Waals surface area contributed by atoms with E-state index in [1.807, 2.05) is 0 Å². The van der Waals surface area contributed by atoms with Gasteiger partial charge in [-0.05, 0) is 37.5 Å². The van der Waals surface area contributed by atoms with Gasteiger partial charge in [-0.3, -0.25) is 4.79 Å². The standard InChI is InChI=1S/C15H19BrClNO3/c16-11-4-5-13(14(17)9-11)15(19)18-6-2-7-20-10-12-3-1-8-21-12/h4-5,9,12H,1-3,6-8,10H2,(H,18,19). The average Bonchev–Trinajstić information content (AvgIpc) is 2.95. The molecule has 0 radical (unpaired) electrons. The van der Waals surface area contributed by atoms with Crippen LogP contribution in [0.4, 0.5) is 0 Å². The molecule has 2 rings (SSSR count). The SMILES string of the molecule is O=C(NCCCOCC1CCCO1)c1ccc(Br)cc1Cl. The van der Waals surface area contributed by atoms with Crippen molar-refractivity contribution < 1.29 is 14.3 Å². The van der Waals surface area contributed by atoms with Crippen LogP contribution >= 0.6 is 27.5 Å². The molecule has 1 aliphatic heterocycles. The van der Waals surface area contributed by atoms with Crippen LogP contribution in [-0.4, -0.2) is 38.4 Å². The summed E-state index contributed by atoms with van der Waals surface area (Å²) in [6.07, 6.45) is 3.23. The Bertz CT molecular complexity index is 478. The molecule has 1 aromatic rings. The fourth-order valence-electron chi connectivity index (χ4n) is 2.14. The predicted octanol–water partition coefficient (Wildman–Crippen LogP) is 3.42. The van der Waals surface area contributed by atoms with Crippen molar-refractivity contribution in [1.29, 1.82) is 0 Å². The number of hydrogen-bond donors (Lipinski definition) is 1. The lowest BCUT2D eigenvalue weighted by Crippen LogP contribution is -2.26. The van der Waals surface area contributed by atoms with Crippen molar-refractivity contribution in [3.05, 3.63) is 33.3 Å². The van der Waals surface area contributed by atoms with E-state index in [1.165, 1.54) is 0 Å². The van der Waals surface area contributed by atoms with E-state index in [1.54, 1.807) is 18.2 Å². The maximum atomic E-state index is 11.9. The lowest BCUT2D eigenvalue weighted by molar-refractivity contribution is 0.0166. The van der Waals surface area contributed by atoms with Gasteiger partial charge in [0.05, 0.1) is 23.3 Å².